The Labute approximate surface area is 96.9 Å². The van der Waals surface area contributed by atoms with Crippen LogP contribution in [0.3, 0.4) is 0 Å². The molecule has 2 atom stereocenters. The van der Waals surface area contributed by atoms with Crippen molar-refractivity contribution in [2.45, 2.75) is 52.2 Å². The van der Waals surface area contributed by atoms with Crippen molar-refractivity contribution in [1.82, 2.24) is 4.90 Å². The molecular formula is C12H21NO3. The Balaban J connectivity index is 2.64. The minimum atomic E-state index is -0.478. The van der Waals surface area contributed by atoms with Gasteiger partial charge in [-0.15, -0.1) is 0 Å². The second kappa shape index (κ2) is 4.85. The molecule has 4 nitrogen and oxygen atoms in total. The SMILES string of the molecule is CC(C=O)[C@@H]1CCCN1C(=O)OC(C)(C)C. The van der Waals surface area contributed by atoms with Crippen LogP contribution in [0.1, 0.15) is 40.5 Å². The lowest BCUT2D eigenvalue weighted by Crippen LogP contribution is -2.42. The molecule has 0 aliphatic carbocycles. The van der Waals surface area contributed by atoms with Crippen LogP contribution >= 0.6 is 0 Å². The van der Waals surface area contributed by atoms with Crippen LogP contribution in [-0.2, 0) is 9.53 Å². The Hall–Kier alpha value is -1.06. The quantitative estimate of drug-likeness (QED) is 0.679. The average Bonchev–Trinajstić information content (AvgIpc) is 2.62. The summed E-state index contributed by atoms with van der Waals surface area (Å²) in [5.74, 6) is -0.116. The molecule has 0 N–H and O–H groups in total. The van der Waals surface area contributed by atoms with Gasteiger partial charge in [0.25, 0.3) is 0 Å². The molecule has 0 radical (unpaired) electrons. The standard InChI is InChI=1S/C12H21NO3/c1-9(8-14)10-6-5-7-13(10)11(15)16-12(2,3)4/h8-10H,5-7H2,1-4H3/t9?,10-/m0/s1. The summed E-state index contributed by atoms with van der Waals surface area (Å²) in [4.78, 5) is 24.3. The summed E-state index contributed by atoms with van der Waals surface area (Å²) in [6.45, 7) is 8.08. The summed E-state index contributed by atoms with van der Waals surface area (Å²) < 4.78 is 5.32. The molecule has 1 fully saturated rings. The number of likely N-dealkylation sites (tertiary alicyclic amines) is 1. The van der Waals surface area contributed by atoms with Crippen LogP contribution in [0.25, 0.3) is 0 Å². The topological polar surface area (TPSA) is 46.6 Å². The predicted octanol–water partition coefficient (Wildman–Crippen LogP) is 2.22. The predicted molar refractivity (Wildman–Crippen MR) is 61.2 cm³/mol. The van der Waals surface area contributed by atoms with Crippen molar-refractivity contribution in [3.63, 3.8) is 0 Å². The maximum absolute atomic E-state index is 11.9. The smallest absolute Gasteiger partial charge is 0.410 e. The third-order valence-electron chi connectivity index (χ3n) is 2.75. The lowest BCUT2D eigenvalue weighted by atomic mass is 10.0. The minimum absolute atomic E-state index is 0.00681. The number of carbonyl (C=O) groups excluding carboxylic acids is 2. The van der Waals surface area contributed by atoms with Gasteiger partial charge in [0.05, 0.1) is 0 Å². The fourth-order valence-electron chi connectivity index (χ4n) is 1.98. The minimum Gasteiger partial charge on any atom is -0.444 e. The molecule has 0 aromatic carbocycles. The summed E-state index contributed by atoms with van der Waals surface area (Å²) in [6, 6.07) is 0.00681. The first-order chi connectivity index (χ1) is 7.35. The molecule has 4 heteroatoms. The van der Waals surface area contributed by atoms with Gasteiger partial charge in [-0.2, -0.15) is 0 Å². The lowest BCUT2D eigenvalue weighted by molar-refractivity contribution is -0.112. The molecule has 0 aromatic rings. The van der Waals surface area contributed by atoms with E-state index in [1.54, 1.807) is 4.90 Å². The highest BCUT2D eigenvalue weighted by molar-refractivity contribution is 5.70. The van der Waals surface area contributed by atoms with Crippen LogP contribution in [0.4, 0.5) is 4.79 Å². The van der Waals surface area contributed by atoms with E-state index in [0.29, 0.717) is 6.54 Å². The molecule has 0 bridgehead atoms. The van der Waals surface area contributed by atoms with Gasteiger partial charge in [-0.25, -0.2) is 4.79 Å². The molecule has 1 heterocycles. The molecule has 1 aliphatic heterocycles. The third kappa shape index (κ3) is 3.22. The zero-order valence-electron chi connectivity index (χ0n) is 10.5. The van der Waals surface area contributed by atoms with Gasteiger partial charge >= 0.3 is 6.09 Å². The number of carbonyl (C=O) groups is 2. The normalized spacial score (nSPS) is 23.0. The highest BCUT2D eigenvalue weighted by Crippen LogP contribution is 2.25. The van der Waals surface area contributed by atoms with Gasteiger partial charge < -0.3 is 14.4 Å². The summed E-state index contributed by atoms with van der Waals surface area (Å²) in [7, 11) is 0. The van der Waals surface area contributed by atoms with Crippen molar-refractivity contribution in [3.05, 3.63) is 0 Å². The van der Waals surface area contributed by atoms with Crippen LogP contribution in [0.15, 0.2) is 0 Å². The van der Waals surface area contributed by atoms with E-state index in [-0.39, 0.29) is 18.1 Å². The Kier molecular flexibility index (Phi) is 3.94. The summed E-state index contributed by atoms with van der Waals surface area (Å²) in [6.07, 6.45) is 2.44. The molecule has 1 saturated heterocycles. The van der Waals surface area contributed by atoms with Crippen LogP contribution in [0, 0.1) is 5.92 Å². The van der Waals surface area contributed by atoms with E-state index in [1.165, 1.54) is 0 Å². The molecule has 16 heavy (non-hydrogen) atoms. The van der Waals surface area contributed by atoms with E-state index >= 15 is 0 Å². The highest BCUT2D eigenvalue weighted by Gasteiger charge is 2.34. The van der Waals surface area contributed by atoms with Crippen LogP contribution in [0.5, 0.6) is 0 Å². The van der Waals surface area contributed by atoms with Crippen LogP contribution in [-0.4, -0.2) is 35.5 Å². The first kappa shape index (κ1) is 13.0. The second-order valence-corrected chi connectivity index (χ2v) is 5.38. The molecule has 1 rings (SSSR count). The average molecular weight is 227 g/mol. The van der Waals surface area contributed by atoms with E-state index in [9.17, 15) is 9.59 Å². The molecule has 0 spiro atoms. The first-order valence-corrected chi connectivity index (χ1v) is 5.80. The van der Waals surface area contributed by atoms with Crippen LogP contribution < -0.4 is 0 Å². The summed E-state index contributed by atoms with van der Waals surface area (Å²) in [5.41, 5.74) is -0.478. The first-order valence-electron chi connectivity index (χ1n) is 5.80. The highest BCUT2D eigenvalue weighted by atomic mass is 16.6. The molecule has 0 aromatic heterocycles. The largest absolute Gasteiger partial charge is 0.444 e. The van der Waals surface area contributed by atoms with E-state index in [2.05, 4.69) is 0 Å². The van der Waals surface area contributed by atoms with Crippen molar-refractivity contribution in [2.75, 3.05) is 6.54 Å². The zero-order valence-corrected chi connectivity index (χ0v) is 10.5. The molecule has 1 unspecified atom stereocenters. The third-order valence-corrected chi connectivity index (χ3v) is 2.75. The van der Waals surface area contributed by atoms with E-state index in [0.717, 1.165) is 19.1 Å². The van der Waals surface area contributed by atoms with Gasteiger partial charge in [-0.3, -0.25) is 0 Å². The van der Waals surface area contributed by atoms with Crippen molar-refractivity contribution in [1.29, 1.82) is 0 Å². The monoisotopic (exact) mass is 227 g/mol. The van der Waals surface area contributed by atoms with Gasteiger partial charge in [-0.05, 0) is 33.6 Å². The maximum atomic E-state index is 11.9. The van der Waals surface area contributed by atoms with E-state index in [1.807, 2.05) is 27.7 Å². The van der Waals surface area contributed by atoms with Gasteiger partial charge in [0, 0.05) is 18.5 Å². The van der Waals surface area contributed by atoms with E-state index < -0.39 is 5.60 Å². The number of ether oxygens (including phenoxy) is 1. The molecular weight excluding hydrogens is 206 g/mol. The summed E-state index contributed by atoms with van der Waals surface area (Å²) in [5, 5.41) is 0. The number of nitrogens with zero attached hydrogens (tertiary/aromatic N) is 1. The molecule has 0 saturated carbocycles. The Morgan fingerprint density at radius 1 is 1.50 bits per heavy atom. The number of amides is 1. The van der Waals surface area contributed by atoms with Gasteiger partial charge in [0.15, 0.2) is 0 Å². The Morgan fingerprint density at radius 2 is 2.12 bits per heavy atom. The number of aldehydes is 1. The maximum Gasteiger partial charge on any atom is 0.410 e. The molecule has 1 aliphatic rings. The van der Waals surface area contributed by atoms with Crippen LogP contribution in [0.2, 0.25) is 0 Å². The summed E-state index contributed by atoms with van der Waals surface area (Å²) >= 11 is 0. The Bertz CT molecular complexity index is 270. The van der Waals surface area contributed by atoms with Gasteiger partial charge in [0.2, 0.25) is 0 Å². The van der Waals surface area contributed by atoms with E-state index in [4.69, 9.17) is 4.74 Å². The van der Waals surface area contributed by atoms with Gasteiger partial charge in [-0.1, -0.05) is 6.92 Å². The number of rotatable bonds is 2. The lowest BCUT2D eigenvalue weighted by Gasteiger charge is -2.29. The molecule has 1 amide bonds. The van der Waals surface area contributed by atoms with Crippen molar-refractivity contribution in [3.8, 4) is 0 Å². The molecule has 92 valence electrons. The number of hydrogen-bond donors (Lipinski definition) is 0. The second-order valence-electron chi connectivity index (χ2n) is 5.38. The zero-order chi connectivity index (χ0) is 12.3. The van der Waals surface area contributed by atoms with Gasteiger partial charge in [0.1, 0.15) is 11.9 Å². The van der Waals surface area contributed by atoms with Crippen molar-refractivity contribution >= 4 is 12.4 Å². The fourth-order valence-corrected chi connectivity index (χ4v) is 1.98. The Morgan fingerprint density at radius 3 is 2.62 bits per heavy atom. The van der Waals surface area contributed by atoms with Crippen molar-refractivity contribution < 1.29 is 14.3 Å². The fraction of sp³-hybridized carbons (Fsp3) is 0.833. The number of hydrogen-bond acceptors (Lipinski definition) is 3. The van der Waals surface area contributed by atoms with Crippen molar-refractivity contribution in [2.24, 2.45) is 5.92 Å².